The molecule has 0 saturated carbocycles. The minimum Gasteiger partial charge on any atom is -0.462 e. The van der Waals surface area contributed by atoms with E-state index in [9.17, 15) is 19.8 Å². The molecule has 0 aliphatic rings. The van der Waals surface area contributed by atoms with E-state index in [0.717, 1.165) is 57.8 Å². The van der Waals surface area contributed by atoms with Gasteiger partial charge in [-0.25, -0.2) is 0 Å². The van der Waals surface area contributed by atoms with Crippen LogP contribution in [0.1, 0.15) is 310 Å². The molecule has 3 unspecified atom stereocenters. The molecule has 378 valence electrons. The minimum atomic E-state index is -0.795. The number of esters is 1. The van der Waals surface area contributed by atoms with E-state index in [4.69, 9.17) is 4.74 Å². The number of rotatable bonds is 52. The summed E-state index contributed by atoms with van der Waals surface area (Å²) in [4.78, 5) is 26.2. The molecule has 0 rings (SSSR count). The largest absolute Gasteiger partial charge is 0.462 e. The Labute approximate surface area is 399 Å². The van der Waals surface area contributed by atoms with Crippen LogP contribution in [0.4, 0.5) is 0 Å². The van der Waals surface area contributed by atoms with Gasteiger partial charge in [0, 0.05) is 6.42 Å². The minimum absolute atomic E-state index is 0.0505. The molecule has 3 N–H and O–H groups in total. The average molecular weight is 903 g/mol. The second-order valence-corrected chi connectivity index (χ2v) is 19.7. The third-order valence-corrected chi connectivity index (χ3v) is 13.3. The maximum absolute atomic E-state index is 13.2. The second-order valence-electron chi connectivity index (χ2n) is 19.7. The Morgan fingerprint density at radius 1 is 0.453 bits per heavy atom. The van der Waals surface area contributed by atoms with Crippen LogP contribution in [0.15, 0.2) is 24.3 Å². The Morgan fingerprint density at radius 2 is 0.797 bits per heavy atom. The van der Waals surface area contributed by atoms with Crippen LogP contribution < -0.4 is 5.32 Å². The quantitative estimate of drug-likeness (QED) is 0.0321. The Bertz CT molecular complexity index is 1010. The molecule has 6 heteroatoms. The molecule has 0 radical (unpaired) electrons. The van der Waals surface area contributed by atoms with Crippen molar-refractivity contribution in [2.24, 2.45) is 0 Å². The number of aliphatic hydroxyl groups is 2. The predicted molar refractivity (Wildman–Crippen MR) is 278 cm³/mol. The molecule has 64 heavy (non-hydrogen) atoms. The molecular formula is C58H111NO5. The Morgan fingerprint density at radius 3 is 1.19 bits per heavy atom. The summed E-state index contributed by atoms with van der Waals surface area (Å²) in [6.45, 7) is 6.50. The van der Waals surface area contributed by atoms with E-state index in [1.165, 1.54) is 205 Å². The first-order chi connectivity index (χ1) is 31.5. The smallest absolute Gasteiger partial charge is 0.306 e. The van der Waals surface area contributed by atoms with Gasteiger partial charge < -0.3 is 20.3 Å². The fraction of sp³-hybridized carbons (Fsp3) is 0.897. The van der Waals surface area contributed by atoms with Crippen molar-refractivity contribution in [3.63, 3.8) is 0 Å². The SMILES string of the molecule is CCCCCCCCC/C=C/C=C/CCCC(CC(=O)NC(CO)C(O)CCCCCCCCCCCCCCC)OC(=O)CCCCCCCCCCCCCCCCCCCC. The zero-order chi connectivity index (χ0) is 46.7. The fourth-order valence-corrected chi connectivity index (χ4v) is 8.96. The van der Waals surface area contributed by atoms with Crippen molar-refractivity contribution in [2.45, 2.75) is 328 Å². The van der Waals surface area contributed by atoms with Gasteiger partial charge in [0.1, 0.15) is 6.10 Å². The van der Waals surface area contributed by atoms with E-state index in [1.54, 1.807) is 0 Å². The van der Waals surface area contributed by atoms with Crippen molar-refractivity contribution in [3.05, 3.63) is 24.3 Å². The van der Waals surface area contributed by atoms with Gasteiger partial charge in [-0.3, -0.25) is 9.59 Å². The highest BCUT2D eigenvalue weighted by Crippen LogP contribution is 2.18. The Hall–Kier alpha value is -1.66. The number of nitrogens with one attached hydrogen (secondary N) is 1. The summed E-state index contributed by atoms with van der Waals surface area (Å²) in [6, 6.07) is -0.711. The van der Waals surface area contributed by atoms with Crippen LogP contribution in [0.25, 0.3) is 0 Å². The van der Waals surface area contributed by atoms with Crippen LogP contribution in [0, 0.1) is 0 Å². The highest BCUT2D eigenvalue weighted by Gasteiger charge is 2.24. The van der Waals surface area contributed by atoms with Crippen molar-refractivity contribution >= 4 is 11.9 Å². The molecule has 0 aromatic rings. The molecular weight excluding hydrogens is 791 g/mol. The second kappa shape index (κ2) is 52.3. The molecule has 1 amide bonds. The number of carbonyl (C=O) groups excluding carboxylic acids is 2. The van der Waals surface area contributed by atoms with Gasteiger partial charge >= 0.3 is 5.97 Å². The molecule has 0 heterocycles. The number of hydrogen-bond donors (Lipinski definition) is 3. The maximum Gasteiger partial charge on any atom is 0.306 e. The van der Waals surface area contributed by atoms with Crippen LogP contribution >= 0.6 is 0 Å². The Kier molecular flexibility index (Phi) is 51.0. The molecule has 0 aromatic carbocycles. The fourth-order valence-electron chi connectivity index (χ4n) is 8.96. The monoisotopic (exact) mass is 902 g/mol. The zero-order valence-corrected chi connectivity index (χ0v) is 43.2. The van der Waals surface area contributed by atoms with Gasteiger partial charge in [-0.1, -0.05) is 276 Å². The molecule has 0 aliphatic carbocycles. The Balaban J connectivity index is 4.55. The van der Waals surface area contributed by atoms with Gasteiger partial charge in [-0.05, 0) is 44.9 Å². The lowest BCUT2D eigenvalue weighted by molar-refractivity contribution is -0.151. The third-order valence-electron chi connectivity index (χ3n) is 13.3. The first kappa shape index (κ1) is 62.3. The van der Waals surface area contributed by atoms with Gasteiger partial charge in [-0.2, -0.15) is 0 Å². The molecule has 6 nitrogen and oxygen atoms in total. The van der Waals surface area contributed by atoms with Crippen LogP contribution in [0.3, 0.4) is 0 Å². The van der Waals surface area contributed by atoms with Gasteiger partial charge in [0.2, 0.25) is 5.91 Å². The summed E-state index contributed by atoms with van der Waals surface area (Å²) in [6.07, 6.45) is 61.1. The lowest BCUT2D eigenvalue weighted by atomic mass is 10.0. The zero-order valence-electron chi connectivity index (χ0n) is 43.2. The average Bonchev–Trinajstić information content (AvgIpc) is 3.29. The number of unbranched alkanes of at least 4 members (excludes halogenated alkanes) is 37. The summed E-state index contributed by atoms with van der Waals surface area (Å²) < 4.78 is 5.93. The van der Waals surface area contributed by atoms with E-state index < -0.39 is 18.2 Å². The van der Waals surface area contributed by atoms with E-state index in [0.29, 0.717) is 19.3 Å². The van der Waals surface area contributed by atoms with Gasteiger partial charge in [0.05, 0.1) is 25.2 Å². The molecule has 0 spiro atoms. The van der Waals surface area contributed by atoms with Crippen molar-refractivity contribution in [3.8, 4) is 0 Å². The third kappa shape index (κ3) is 46.9. The van der Waals surface area contributed by atoms with Crippen LogP contribution in [0.2, 0.25) is 0 Å². The summed E-state index contributed by atoms with van der Waals surface area (Å²) in [5.41, 5.74) is 0. The summed E-state index contributed by atoms with van der Waals surface area (Å²) >= 11 is 0. The molecule has 0 bridgehead atoms. The van der Waals surface area contributed by atoms with E-state index in [2.05, 4.69) is 50.4 Å². The number of allylic oxidation sites excluding steroid dienone is 4. The van der Waals surface area contributed by atoms with Crippen LogP contribution in [-0.2, 0) is 14.3 Å². The van der Waals surface area contributed by atoms with Crippen molar-refractivity contribution in [2.75, 3.05) is 6.61 Å². The first-order valence-electron chi connectivity index (χ1n) is 28.6. The van der Waals surface area contributed by atoms with Crippen LogP contribution in [-0.4, -0.2) is 46.9 Å². The predicted octanol–water partition coefficient (Wildman–Crippen LogP) is 17.5. The van der Waals surface area contributed by atoms with Gasteiger partial charge in [-0.15, -0.1) is 0 Å². The highest BCUT2D eigenvalue weighted by atomic mass is 16.5. The number of amides is 1. The molecule has 0 fully saturated rings. The molecule has 0 aromatic heterocycles. The number of aliphatic hydroxyl groups excluding tert-OH is 2. The highest BCUT2D eigenvalue weighted by molar-refractivity contribution is 5.77. The van der Waals surface area contributed by atoms with E-state index >= 15 is 0 Å². The first-order valence-corrected chi connectivity index (χ1v) is 28.6. The molecule has 0 saturated heterocycles. The van der Waals surface area contributed by atoms with Gasteiger partial charge in [0.15, 0.2) is 0 Å². The lowest BCUT2D eigenvalue weighted by Gasteiger charge is -2.24. The van der Waals surface area contributed by atoms with Crippen molar-refractivity contribution in [1.29, 1.82) is 0 Å². The van der Waals surface area contributed by atoms with E-state index in [-0.39, 0.29) is 24.9 Å². The van der Waals surface area contributed by atoms with Crippen molar-refractivity contribution in [1.82, 2.24) is 5.32 Å². The summed E-state index contributed by atoms with van der Waals surface area (Å²) in [7, 11) is 0. The lowest BCUT2D eigenvalue weighted by Crippen LogP contribution is -2.46. The summed E-state index contributed by atoms with van der Waals surface area (Å²) in [5.74, 6) is -0.502. The topological polar surface area (TPSA) is 95.9 Å². The number of carbonyl (C=O) groups is 2. The number of ether oxygens (including phenoxy) is 1. The van der Waals surface area contributed by atoms with Crippen molar-refractivity contribution < 1.29 is 24.5 Å². The molecule has 3 atom stereocenters. The van der Waals surface area contributed by atoms with Crippen LogP contribution in [0.5, 0.6) is 0 Å². The number of hydrogen-bond acceptors (Lipinski definition) is 5. The maximum atomic E-state index is 13.2. The normalized spacial score (nSPS) is 13.3. The van der Waals surface area contributed by atoms with Gasteiger partial charge in [0.25, 0.3) is 0 Å². The van der Waals surface area contributed by atoms with E-state index in [1.807, 2.05) is 0 Å². The standard InChI is InChI=1S/C58H111NO5/c1-4-7-10-13-16-19-22-25-27-28-29-30-33-36-39-42-45-48-51-58(63)64-54(49-46-43-40-37-34-32-26-23-20-17-14-11-8-5-2)52-57(62)59-55(53-60)56(61)50-47-44-41-38-35-31-24-21-18-15-12-9-6-3/h32,34,37,40,54-56,60-61H,4-31,33,35-36,38-39,41-53H2,1-3H3,(H,59,62)/b34-32+,40-37+. The molecule has 0 aliphatic heterocycles. The summed E-state index contributed by atoms with van der Waals surface area (Å²) in [5, 5.41) is 23.8.